The number of carbonyl (C=O) groups is 2. The Morgan fingerprint density at radius 3 is 2.42 bits per heavy atom. The number of carboxylic acids is 1. The molecule has 0 aliphatic rings. The molecule has 1 aromatic rings. The summed E-state index contributed by atoms with van der Waals surface area (Å²) < 4.78 is 0. The molecule has 19 heavy (non-hydrogen) atoms. The largest absolute Gasteiger partial charge is 0.480 e. The Balaban J connectivity index is 2.76. The number of carboxylic acid groups (broad SMARTS) is 1. The van der Waals surface area contributed by atoms with Gasteiger partial charge in [0.1, 0.15) is 6.04 Å². The summed E-state index contributed by atoms with van der Waals surface area (Å²) in [5.74, 6) is -1.87. The second-order valence-corrected chi connectivity index (χ2v) is 4.39. The fraction of sp³-hybridized carbons (Fsp3) is 0.429. The Morgan fingerprint density at radius 1 is 1.32 bits per heavy atom. The summed E-state index contributed by atoms with van der Waals surface area (Å²) in [5.41, 5.74) is 6.42. The zero-order valence-electron chi connectivity index (χ0n) is 11.0. The molecule has 1 rings (SSSR count). The van der Waals surface area contributed by atoms with E-state index in [1.165, 1.54) is 0 Å². The molecular weight excluding hydrogens is 244 g/mol. The minimum atomic E-state index is -1.01. The minimum absolute atomic E-state index is 0.147. The summed E-state index contributed by atoms with van der Waals surface area (Å²) in [6, 6.07) is 8.28. The number of hydrogen-bond acceptors (Lipinski definition) is 3. The van der Waals surface area contributed by atoms with Gasteiger partial charge in [-0.3, -0.25) is 4.79 Å². The number of nitrogens with one attached hydrogen (secondary N) is 1. The molecule has 2 unspecified atom stereocenters. The van der Waals surface area contributed by atoms with Gasteiger partial charge in [0, 0.05) is 6.54 Å². The molecule has 1 aromatic carbocycles. The van der Waals surface area contributed by atoms with Gasteiger partial charge in [0.25, 0.3) is 0 Å². The second kappa shape index (κ2) is 7.53. The highest BCUT2D eigenvalue weighted by Gasteiger charge is 2.24. The smallest absolute Gasteiger partial charge is 0.326 e. The molecule has 4 N–H and O–H groups in total. The lowest BCUT2D eigenvalue weighted by Gasteiger charge is -2.19. The van der Waals surface area contributed by atoms with Crippen LogP contribution in [0.5, 0.6) is 0 Å². The fourth-order valence-electron chi connectivity index (χ4n) is 1.90. The van der Waals surface area contributed by atoms with Crippen molar-refractivity contribution in [2.24, 2.45) is 5.73 Å². The van der Waals surface area contributed by atoms with Crippen LogP contribution in [0.1, 0.15) is 31.2 Å². The maximum atomic E-state index is 12.1. The van der Waals surface area contributed by atoms with E-state index in [9.17, 15) is 9.59 Å². The van der Waals surface area contributed by atoms with Gasteiger partial charge in [-0.15, -0.1) is 0 Å². The van der Waals surface area contributed by atoms with Crippen LogP contribution >= 0.6 is 0 Å². The van der Waals surface area contributed by atoms with Crippen LogP contribution < -0.4 is 11.1 Å². The van der Waals surface area contributed by atoms with E-state index in [4.69, 9.17) is 10.8 Å². The summed E-state index contributed by atoms with van der Waals surface area (Å²) in [7, 11) is 0. The van der Waals surface area contributed by atoms with Crippen molar-refractivity contribution in [3.05, 3.63) is 35.9 Å². The van der Waals surface area contributed by atoms with Crippen LogP contribution in [0.25, 0.3) is 0 Å². The highest BCUT2D eigenvalue weighted by molar-refractivity contribution is 5.88. The maximum Gasteiger partial charge on any atom is 0.326 e. The van der Waals surface area contributed by atoms with Gasteiger partial charge in [-0.05, 0) is 12.0 Å². The third-order valence-electron chi connectivity index (χ3n) is 2.95. The van der Waals surface area contributed by atoms with Gasteiger partial charge < -0.3 is 16.2 Å². The molecule has 0 aliphatic heterocycles. The average Bonchev–Trinajstić information content (AvgIpc) is 2.40. The van der Waals surface area contributed by atoms with Crippen LogP contribution in [-0.4, -0.2) is 29.6 Å². The summed E-state index contributed by atoms with van der Waals surface area (Å²) >= 11 is 0. The van der Waals surface area contributed by atoms with E-state index in [2.05, 4.69) is 5.32 Å². The summed E-state index contributed by atoms with van der Waals surface area (Å²) in [5, 5.41) is 11.6. The van der Waals surface area contributed by atoms with Gasteiger partial charge in [0.15, 0.2) is 0 Å². The first-order valence-corrected chi connectivity index (χ1v) is 6.38. The molecular formula is C14H20N2O3. The third-order valence-corrected chi connectivity index (χ3v) is 2.95. The number of aliphatic carboxylic acids is 1. The molecule has 0 radical (unpaired) electrons. The highest BCUT2D eigenvalue weighted by atomic mass is 16.4. The lowest BCUT2D eigenvalue weighted by Crippen LogP contribution is -2.44. The van der Waals surface area contributed by atoms with Crippen LogP contribution in [0.4, 0.5) is 0 Å². The monoisotopic (exact) mass is 264 g/mol. The molecule has 0 saturated carbocycles. The summed E-state index contributed by atoms with van der Waals surface area (Å²) in [6.07, 6.45) is 1.10. The molecule has 2 atom stereocenters. The Labute approximate surface area is 112 Å². The zero-order chi connectivity index (χ0) is 14.3. The Kier molecular flexibility index (Phi) is 6.02. The maximum absolute atomic E-state index is 12.1. The van der Waals surface area contributed by atoms with E-state index in [0.717, 1.165) is 5.56 Å². The third kappa shape index (κ3) is 4.37. The zero-order valence-corrected chi connectivity index (χ0v) is 11.0. The van der Waals surface area contributed by atoms with Gasteiger partial charge >= 0.3 is 5.97 Å². The molecule has 0 aromatic heterocycles. The minimum Gasteiger partial charge on any atom is -0.480 e. The van der Waals surface area contributed by atoms with Crippen molar-refractivity contribution in [2.45, 2.75) is 31.7 Å². The number of benzene rings is 1. The number of hydrogen-bond donors (Lipinski definition) is 3. The molecule has 0 heterocycles. The Hall–Kier alpha value is -1.88. The lowest BCUT2D eigenvalue weighted by atomic mass is 9.98. The van der Waals surface area contributed by atoms with Gasteiger partial charge in [0.2, 0.25) is 5.91 Å². The first-order chi connectivity index (χ1) is 9.10. The average molecular weight is 264 g/mol. The standard InChI is InChI=1S/C14H20N2O3/c1-2-6-12(14(18)19)16-13(17)11(9-15)10-7-4-3-5-8-10/h3-5,7-8,11-12H,2,6,9,15H2,1H3,(H,16,17)(H,18,19). The molecule has 104 valence electrons. The SMILES string of the molecule is CCCC(NC(=O)C(CN)c1ccccc1)C(=O)O. The van der Waals surface area contributed by atoms with Crippen LogP contribution in [0, 0.1) is 0 Å². The van der Waals surface area contributed by atoms with E-state index < -0.39 is 17.9 Å². The van der Waals surface area contributed by atoms with E-state index in [1.807, 2.05) is 37.3 Å². The molecule has 0 fully saturated rings. The molecule has 0 aliphatic carbocycles. The normalized spacial score (nSPS) is 13.6. The van der Waals surface area contributed by atoms with Crippen LogP contribution in [-0.2, 0) is 9.59 Å². The van der Waals surface area contributed by atoms with Crippen LogP contribution in [0.15, 0.2) is 30.3 Å². The molecule has 0 spiro atoms. The number of nitrogens with two attached hydrogens (primary N) is 1. The molecule has 1 amide bonds. The number of amides is 1. The summed E-state index contributed by atoms with van der Waals surface area (Å²) in [4.78, 5) is 23.1. The molecule has 0 saturated heterocycles. The highest BCUT2D eigenvalue weighted by Crippen LogP contribution is 2.14. The van der Waals surface area contributed by atoms with Crippen molar-refractivity contribution >= 4 is 11.9 Å². The van der Waals surface area contributed by atoms with E-state index in [0.29, 0.717) is 12.8 Å². The lowest BCUT2D eigenvalue weighted by molar-refractivity contribution is -0.142. The van der Waals surface area contributed by atoms with Crippen LogP contribution in [0.3, 0.4) is 0 Å². The number of rotatable bonds is 7. The van der Waals surface area contributed by atoms with Crippen molar-refractivity contribution in [2.75, 3.05) is 6.54 Å². The van der Waals surface area contributed by atoms with Gasteiger partial charge in [-0.1, -0.05) is 43.7 Å². The van der Waals surface area contributed by atoms with Crippen molar-refractivity contribution in [1.82, 2.24) is 5.32 Å². The first-order valence-electron chi connectivity index (χ1n) is 6.38. The van der Waals surface area contributed by atoms with E-state index in [-0.39, 0.29) is 12.5 Å². The van der Waals surface area contributed by atoms with Crippen molar-refractivity contribution in [3.63, 3.8) is 0 Å². The van der Waals surface area contributed by atoms with Crippen molar-refractivity contribution in [3.8, 4) is 0 Å². The quantitative estimate of drug-likeness (QED) is 0.687. The second-order valence-electron chi connectivity index (χ2n) is 4.39. The molecule has 5 nitrogen and oxygen atoms in total. The molecule has 0 bridgehead atoms. The topological polar surface area (TPSA) is 92.4 Å². The summed E-state index contributed by atoms with van der Waals surface area (Å²) in [6.45, 7) is 2.02. The number of carbonyl (C=O) groups excluding carboxylic acids is 1. The van der Waals surface area contributed by atoms with Gasteiger partial charge in [-0.2, -0.15) is 0 Å². The van der Waals surface area contributed by atoms with E-state index in [1.54, 1.807) is 0 Å². The predicted molar refractivity (Wildman–Crippen MR) is 72.7 cm³/mol. The van der Waals surface area contributed by atoms with Crippen molar-refractivity contribution in [1.29, 1.82) is 0 Å². The van der Waals surface area contributed by atoms with E-state index >= 15 is 0 Å². The molecule has 5 heteroatoms. The Morgan fingerprint density at radius 2 is 1.95 bits per heavy atom. The van der Waals surface area contributed by atoms with Gasteiger partial charge in [0.05, 0.1) is 5.92 Å². The predicted octanol–water partition coefficient (Wildman–Crippen LogP) is 1.10. The fourth-order valence-corrected chi connectivity index (χ4v) is 1.90. The van der Waals surface area contributed by atoms with Crippen LogP contribution in [0.2, 0.25) is 0 Å². The first kappa shape index (κ1) is 15.2. The van der Waals surface area contributed by atoms with Gasteiger partial charge in [-0.25, -0.2) is 4.79 Å². The Bertz CT molecular complexity index is 420. The van der Waals surface area contributed by atoms with Crippen molar-refractivity contribution < 1.29 is 14.7 Å².